The maximum absolute atomic E-state index is 4.47. The molecule has 5 heteroatoms. The van der Waals surface area contributed by atoms with Gasteiger partial charge in [0.15, 0.2) is 5.96 Å². The molecule has 1 heterocycles. The Hall–Kier alpha value is -1.52. The van der Waals surface area contributed by atoms with E-state index in [0.717, 1.165) is 37.1 Å². The lowest BCUT2D eigenvalue weighted by atomic mass is 9.99. The molecule has 0 fully saturated rings. The van der Waals surface area contributed by atoms with E-state index in [9.17, 15) is 0 Å². The zero-order valence-corrected chi connectivity index (χ0v) is 15.9. The Balaban J connectivity index is 2.39. The normalized spacial score (nSPS) is 13.2. The smallest absolute Gasteiger partial charge is 0.190 e. The molecule has 23 heavy (non-hydrogen) atoms. The summed E-state index contributed by atoms with van der Waals surface area (Å²) in [6.07, 6.45) is 6.07. The van der Waals surface area contributed by atoms with Crippen molar-refractivity contribution < 1.29 is 0 Å². The third-order valence-electron chi connectivity index (χ3n) is 4.65. The molecule has 0 spiro atoms. The van der Waals surface area contributed by atoms with Gasteiger partial charge in [-0.1, -0.05) is 33.1 Å². The van der Waals surface area contributed by atoms with Crippen molar-refractivity contribution in [3.8, 4) is 0 Å². The Kier molecular flexibility index (Phi) is 8.74. The molecule has 1 aromatic heterocycles. The summed E-state index contributed by atoms with van der Waals surface area (Å²) in [5.41, 5.74) is 3.71. The van der Waals surface area contributed by atoms with Crippen LogP contribution in [0.15, 0.2) is 4.99 Å². The maximum atomic E-state index is 4.47. The second kappa shape index (κ2) is 10.3. The van der Waals surface area contributed by atoms with Crippen LogP contribution in [0.5, 0.6) is 0 Å². The molecule has 0 amide bonds. The summed E-state index contributed by atoms with van der Waals surface area (Å²) in [4.78, 5) is 4.33. The van der Waals surface area contributed by atoms with Crippen molar-refractivity contribution in [2.75, 3.05) is 20.1 Å². The number of hydrogen-bond acceptors (Lipinski definition) is 2. The monoisotopic (exact) mass is 321 g/mol. The molecule has 0 saturated heterocycles. The van der Waals surface area contributed by atoms with Gasteiger partial charge in [-0.25, -0.2) is 0 Å². The van der Waals surface area contributed by atoms with Crippen LogP contribution >= 0.6 is 0 Å². The van der Waals surface area contributed by atoms with Crippen LogP contribution in [0.25, 0.3) is 0 Å². The first-order valence-electron chi connectivity index (χ1n) is 8.96. The quantitative estimate of drug-likeness (QED) is 0.543. The summed E-state index contributed by atoms with van der Waals surface area (Å²) < 4.78 is 1.96. The fraction of sp³-hybridized carbons (Fsp3) is 0.778. The molecular formula is C18H35N5. The Morgan fingerprint density at radius 3 is 2.52 bits per heavy atom. The van der Waals surface area contributed by atoms with Crippen LogP contribution in [0, 0.1) is 19.8 Å². The van der Waals surface area contributed by atoms with Gasteiger partial charge in [-0.15, -0.1) is 0 Å². The standard InChI is InChI=1S/C18H35N5/c1-7-9-10-16(8-2)13-21-18(19-5)20-12-11-17-14(3)22-23(6)15(17)4/h16H,7-13H2,1-6H3,(H2,19,20,21). The Labute approximate surface area is 142 Å². The fourth-order valence-corrected chi connectivity index (χ4v) is 2.89. The molecule has 1 rings (SSSR count). The average Bonchev–Trinajstić information content (AvgIpc) is 2.79. The predicted octanol–water partition coefficient (Wildman–Crippen LogP) is 2.96. The molecule has 1 unspecified atom stereocenters. The topological polar surface area (TPSA) is 54.2 Å². The second-order valence-corrected chi connectivity index (χ2v) is 6.32. The third-order valence-corrected chi connectivity index (χ3v) is 4.65. The molecule has 1 atom stereocenters. The van der Waals surface area contributed by atoms with Crippen LogP contribution in [0.2, 0.25) is 0 Å². The Morgan fingerprint density at radius 2 is 2.00 bits per heavy atom. The number of aromatic nitrogens is 2. The first kappa shape index (κ1) is 19.5. The minimum atomic E-state index is 0.733. The lowest BCUT2D eigenvalue weighted by Gasteiger charge is -2.18. The summed E-state index contributed by atoms with van der Waals surface area (Å²) in [7, 11) is 3.84. The van der Waals surface area contributed by atoms with Crippen LogP contribution in [0.4, 0.5) is 0 Å². The number of aliphatic imine (C=N–C) groups is 1. The Bertz CT molecular complexity index is 490. The molecule has 0 bridgehead atoms. The molecule has 0 aliphatic carbocycles. The van der Waals surface area contributed by atoms with Crippen LogP contribution in [0.3, 0.4) is 0 Å². The van der Waals surface area contributed by atoms with Gasteiger partial charge in [-0.2, -0.15) is 5.10 Å². The molecule has 0 saturated carbocycles. The van der Waals surface area contributed by atoms with Gasteiger partial charge in [-0.3, -0.25) is 9.67 Å². The van der Waals surface area contributed by atoms with E-state index >= 15 is 0 Å². The highest BCUT2D eigenvalue weighted by molar-refractivity contribution is 5.79. The van der Waals surface area contributed by atoms with E-state index in [1.807, 2.05) is 18.8 Å². The minimum absolute atomic E-state index is 0.733. The van der Waals surface area contributed by atoms with Crippen molar-refractivity contribution in [2.45, 2.75) is 59.8 Å². The summed E-state index contributed by atoms with van der Waals surface area (Å²) in [6, 6.07) is 0. The molecule has 0 aliphatic rings. The summed E-state index contributed by atoms with van der Waals surface area (Å²) in [5, 5.41) is 11.4. The van der Waals surface area contributed by atoms with Gasteiger partial charge < -0.3 is 10.6 Å². The molecular weight excluding hydrogens is 286 g/mol. The van der Waals surface area contributed by atoms with Crippen LogP contribution in [-0.2, 0) is 13.5 Å². The SMILES string of the molecule is CCCCC(CC)CNC(=NC)NCCc1c(C)nn(C)c1C. The van der Waals surface area contributed by atoms with E-state index in [1.54, 1.807) is 0 Å². The largest absolute Gasteiger partial charge is 0.356 e. The van der Waals surface area contributed by atoms with Crippen molar-refractivity contribution in [1.82, 2.24) is 20.4 Å². The van der Waals surface area contributed by atoms with Crippen LogP contribution in [-0.4, -0.2) is 35.9 Å². The van der Waals surface area contributed by atoms with Crippen molar-refractivity contribution in [1.29, 1.82) is 0 Å². The van der Waals surface area contributed by atoms with Gasteiger partial charge in [0.2, 0.25) is 0 Å². The molecule has 132 valence electrons. The molecule has 0 aromatic carbocycles. The number of rotatable bonds is 9. The van der Waals surface area contributed by atoms with Gasteiger partial charge in [0.1, 0.15) is 0 Å². The number of nitrogens with one attached hydrogen (secondary N) is 2. The number of aryl methyl sites for hydroxylation is 2. The minimum Gasteiger partial charge on any atom is -0.356 e. The van der Waals surface area contributed by atoms with Gasteiger partial charge in [-0.05, 0) is 38.2 Å². The van der Waals surface area contributed by atoms with Gasteiger partial charge >= 0.3 is 0 Å². The van der Waals surface area contributed by atoms with E-state index in [0.29, 0.717) is 0 Å². The summed E-state index contributed by atoms with van der Waals surface area (Å²) >= 11 is 0. The highest BCUT2D eigenvalue weighted by atomic mass is 15.3. The first-order valence-corrected chi connectivity index (χ1v) is 8.96. The maximum Gasteiger partial charge on any atom is 0.190 e. The van der Waals surface area contributed by atoms with Crippen LogP contribution < -0.4 is 10.6 Å². The van der Waals surface area contributed by atoms with Crippen molar-refractivity contribution in [2.24, 2.45) is 18.0 Å². The number of hydrogen-bond donors (Lipinski definition) is 2. The van der Waals surface area contributed by atoms with E-state index in [2.05, 4.69) is 48.4 Å². The van der Waals surface area contributed by atoms with E-state index in [-0.39, 0.29) is 0 Å². The molecule has 2 N–H and O–H groups in total. The fourth-order valence-electron chi connectivity index (χ4n) is 2.89. The van der Waals surface area contributed by atoms with E-state index < -0.39 is 0 Å². The summed E-state index contributed by atoms with van der Waals surface area (Å²) in [5.74, 6) is 1.63. The third kappa shape index (κ3) is 6.24. The van der Waals surface area contributed by atoms with Gasteiger partial charge in [0.05, 0.1) is 5.69 Å². The molecule has 1 aromatic rings. The van der Waals surface area contributed by atoms with Crippen molar-refractivity contribution in [3.05, 3.63) is 17.0 Å². The first-order chi connectivity index (χ1) is 11.0. The van der Waals surface area contributed by atoms with E-state index in [4.69, 9.17) is 0 Å². The van der Waals surface area contributed by atoms with Crippen molar-refractivity contribution in [3.63, 3.8) is 0 Å². The zero-order chi connectivity index (χ0) is 17.2. The Morgan fingerprint density at radius 1 is 1.26 bits per heavy atom. The highest BCUT2D eigenvalue weighted by Crippen LogP contribution is 2.12. The number of nitrogens with zero attached hydrogens (tertiary/aromatic N) is 3. The zero-order valence-electron chi connectivity index (χ0n) is 15.9. The average molecular weight is 322 g/mol. The predicted molar refractivity (Wildman–Crippen MR) is 99.1 cm³/mol. The van der Waals surface area contributed by atoms with E-state index in [1.165, 1.54) is 36.9 Å². The van der Waals surface area contributed by atoms with Crippen LogP contribution in [0.1, 0.15) is 56.5 Å². The second-order valence-electron chi connectivity index (χ2n) is 6.32. The molecule has 5 nitrogen and oxygen atoms in total. The lowest BCUT2D eigenvalue weighted by Crippen LogP contribution is -2.40. The van der Waals surface area contributed by atoms with Crippen molar-refractivity contribution >= 4 is 5.96 Å². The van der Waals surface area contributed by atoms with Gasteiger partial charge in [0, 0.05) is 32.9 Å². The lowest BCUT2D eigenvalue weighted by molar-refractivity contribution is 0.444. The number of unbranched alkanes of at least 4 members (excludes halogenated alkanes) is 1. The summed E-state index contributed by atoms with van der Waals surface area (Å²) in [6.45, 7) is 10.6. The molecule has 0 radical (unpaired) electrons. The van der Waals surface area contributed by atoms with Gasteiger partial charge in [0.25, 0.3) is 0 Å². The number of guanidine groups is 1. The highest BCUT2D eigenvalue weighted by Gasteiger charge is 2.10. The molecule has 0 aliphatic heterocycles.